The summed E-state index contributed by atoms with van der Waals surface area (Å²) in [6, 6.07) is 8.45. The third-order valence-corrected chi connectivity index (χ3v) is 1.72. The Labute approximate surface area is 94.2 Å². The molecule has 0 unspecified atom stereocenters. The Morgan fingerprint density at radius 1 is 1.19 bits per heavy atom. The maximum Gasteiger partial charge on any atom is 0.521 e. The molecular formula is C12H14O4. The summed E-state index contributed by atoms with van der Waals surface area (Å²) in [5, 5.41) is 0. The van der Waals surface area contributed by atoms with Crippen molar-refractivity contribution >= 4 is 12.1 Å². The van der Waals surface area contributed by atoms with E-state index in [9.17, 15) is 9.59 Å². The Hall–Kier alpha value is -1.84. The van der Waals surface area contributed by atoms with E-state index in [0.29, 0.717) is 5.75 Å². The van der Waals surface area contributed by atoms with Gasteiger partial charge in [0.1, 0.15) is 5.75 Å². The topological polar surface area (TPSA) is 52.6 Å². The minimum atomic E-state index is -0.989. The molecule has 1 rings (SSSR count). The zero-order chi connectivity index (χ0) is 12.0. The number of ether oxygens (including phenoxy) is 2. The first kappa shape index (κ1) is 12.2. The van der Waals surface area contributed by atoms with Gasteiger partial charge in [0.25, 0.3) is 0 Å². The molecule has 0 atom stereocenters. The lowest BCUT2D eigenvalue weighted by atomic mass is 10.1. The van der Waals surface area contributed by atoms with Crippen molar-refractivity contribution in [3.05, 3.63) is 30.3 Å². The van der Waals surface area contributed by atoms with E-state index >= 15 is 0 Å². The number of carbonyl (C=O) groups is 2. The molecule has 0 saturated heterocycles. The van der Waals surface area contributed by atoms with Crippen LogP contribution in [-0.4, -0.2) is 12.1 Å². The number of esters is 1. The van der Waals surface area contributed by atoms with Gasteiger partial charge in [0.2, 0.25) is 0 Å². The van der Waals surface area contributed by atoms with Crippen molar-refractivity contribution in [1.82, 2.24) is 0 Å². The van der Waals surface area contributed by atoms with Crippen LogP contribution in [0.2, 0.25) is 0 Å². The monoisotopic (exact) mass is 222 g/mol. The van der Waals surface area contributed by atoms with Crippen LogP contribution in [-0.2, 0) is 9.53 Å². The summed E-state index contributed by atoms with van der Waals surface area (Å²) in [6.45, 7) is 3.73. The first-order valence-electron chi connectivity index (χ1n) is 5.05. The van der Waals surface area contributed by atoms with E-state index in [2.05, 4.69) is 4.74 Å². The van der Waals surface area contributed by atoms with E-state index in [0.717, 1.165) is 0 Å². The standard InChI is InChI=1S/C12H14O4/c1-9(2)8-11(13)16-12(14)15-10-6-4-3-5-7-10/h3-7,9H,8H2,1-2H3. The first-order valence-corrected chi connectivity index (χ1v) is 5.05. The molecule has 4 heteroatoms. The Morgan fingerprint density at radius 3 is 2.38 bits per heavy atom. The lowest BCUT2D eigenvalue weighted by Crippen LogP contribution is -2.17. The van der Waals surface area contributed by atoms with Gasteiger partial charge in [-0.3, -0.25) is 4.79 Å². The molecule has 0 spiro atoms. The van der Waals surface area contributed by atoms with Crippen LogP contribution >= 0.6 is 0 Å². The fraction of sp³-hybridized carbons (Fsp3) is 0.333. The van der Waals surface area contributed by atoms with Crippen molar-refractivity contribution in [2.45, 2.75) is 20.3 Å². The van der Waals surface area contributed by atoms with Crippen LogP contribution in [0, 0.1) is 5.92 Å². The van der Waals surface area contributed by atoms with Gasteiger partial charge in [-0.25, -0.2) is 4.79 Å². The Kier molecular flexibility index (Phi) is 4.51. The molecular weight excluding hydrogens is 208 g/mol. The van der Waals surface area contributed by atoms with Crippen LogP contribution < -0.4 is 4.74 Å². The van der Waals surface area contributed by atoms with Gasteiger partial charge >= 0.3 is 12.1 Å². The zero-order valence-electron chi connectivity index (χ0n) is 9.30. The average Bonchev–Trinajstić information content (AvgIpc) is 2.17. The third-order valence-electron chi connectivity index (χ3n) is 1.72. The molecule has 0 heterocycles. The van der Waals surface area contributed by atoms with E-state index in [4.69, 9.17) is 4.74 Å². The van der Waals surface area contributed by atoms with E-state index in [1.807, 2.05) is 13.8 Å². The quantitative estimate of drug-likeness (QED) is 0.448. The molecule has 1 aromatic rings. The molecule has 86 valence electrons. The summed E-state index contributed by atoms with van der Waals surface area (Å²) in [4.78, 5) is 22.3. The van der Waals surface area contributed by atoms with E-state index < -0.39 is 12.1 Å². The second-order valence-electron chi connectivity index (χ2n) is 3.74. The summed E-state index contributed by atoms with van der Waals surface area (Å²) in [7, 11) is 0. The average molecular weight is 222 g/mol. The Morgan fingerprint density at radius 2 is 1.81 bits per heavy atom. The third kappa shape index (κ3) is 4.59. The number of hydrogen-bond donors (Lipinski definition) is 0. The Bertz CT molecular complexity index is 357. The highest BCUT2D eigenvalue weighted by Crippen LogP contribution is 2.10. The zero-order valence-corrected chi connectivity index (χ0v) is 9.30. The molecule has 0 bridgehead atoms. The van der Waals surface area contributed by atoms with Crippen molar-refractivity contribution in [2.24, 2.45) is 5.92 Å². The highest BCUT2D eigenvalue weighted by atomic mass is 16.7. The molecule has 16 heavy (non-hydrogen) atoms. The normalized spacial score (nSPS) is 9.94. The number of carbonyl (C=O) groups excluding carboxylic acids is 2. The van der Waals surface area contributed by atoms with Gasteiger partial charge in [0.15, 0.2) is 0 Å². The molecule has 0 aromatic heterocycles. The summed E-state index contributed by atoms with van der Waals surface area (Å²) >= 11 is 0. The summed E-state index contributed by atoms with van der Waals surface area (Å²) < 4.78 is 9.25. The Balaban J connectivity index is 2.39. The van der Waals surface area contributed by atoms with Gasteiger partial charge in [-0.15, -0.1) is 0 Å². The maximum absolute atomic E-state index is 11.1. The maximum atomic E-state index is 11.1. The molecule has 4 nitrogen and oxygen atoms in total. The molecule has 0 N–H and O–H groups in total. The molecule has 1 aromatic carbocycles. The van der Waals surface area contributed by atoms with Gasteiger partial charge in [0, 0.05) is 6.42 Å². The van der Waals surface area contributed by atoms with Gasteiger partial charge in [-0.2, -0.15) is 0 Å². The van der Waals surface area contributed by atoms with Crippen molar-refractivity contribution in [1.29, 1.82) is 0 Å². The van der Waals surface area contributed by atoms with Gasteiger partial charge in [-0.05, 0) is 18.1 Å². The van der Waals surface area contributed by atoms with E-state index in [1.54, 1.807) is 30.3 Å². The first-order chi connectivity index (χ1) is 7.58. The predicted octanol–water partition coefficient (Wildman–Crippen LogP) is 2.77. The highest BCUT2D eigenvalue weighted by Gasteiger charge is 2.13. The van der Waals surface area contributed by atoms with Gasteiger partial charge < -0.3 is 9.47 Å². The van der Waals surface area contributed by atoms with Crippen LogP contribution in [0.4, 0.5) is 4.79 Å². The van der Waals surface area contributed by atoms with Gasteiger partial charge in [-0.1, -0.05) is 32.0 Å². The molecule has 0 aliphatic carbocycles. The molecule has 0 aliphatic heterocycles. The van der Waals surface area contributed by atoms with Crippen molar-refractivity contribution in [3.8, 4) is 5.75 Å². The number of rotatable bonds is 3. The van der Waals surface area contributed by atoms with Gasteiger partial charge in [0.05, 0.1) is 0 Å². The number of hydrogen-bond acceptors (Lipinski definition) is 4. The molecule has 0 fully saturated rings. The number of para-hydroxylation sites is 1. The van der Waals surface area contributed by atoms with Crippen LogP contribution in [0.5, 0.6) is 5.75 Å². The van der Waals surface area contributed by atoms with Crippen molar-refractivity contribution in [2.75, 3.05) is 0 Å². The summed E-state index contributed by atoms with van der Waals surface area (Å²) in [6.07, 6.45) is -0.791. The minimum Gasteiger partial charge on any atom is -0.395 e. The lowest BCUT2D eigenvalue weighted by Gasteiger charge is -2.05. The molecule has 0 saturated carbocycles. The molecule has 0 radical (unpaired) electrons. The SMILES string of the molecule is CC(C)CC(=O)OC(=O)Oc1ccccc1. The number of benzene rings is 1. The van der Waals surface area contributed by atoms with Crippen LogP contribution in [0.25, 0.3) is 0 Å². The largest absolute Gasteiger partial charge is 0.521 e. The highest BCUT2D eigenvalue weighted by molar-refractivity contribution is 5.82. The van der Waals surface area contributed by atoms with E-state index in [-0.39, 0.29) is 12.3 Å². The second kappa shape index (κ2) is 5.90. The predicted molar refractivity (Wildman–Crippen MR) is 58.0 cm³/mol. The smallest absolute Gasteiger partial charge is 0.395 e. The van der Waals surface area contributed by atoms with Crippen molar-refractivity contribution < 1.29 is 19.1 Å². The molecule has 0 aliphatic rings. The summed E-state index contributed by atoms with van der Waals surface area (Å²) in [5.41, 5.74) is 0. The summed E-state index contributed by atoms with van der Waals surface area (Å²) in [5.74, 6) is -0.0715. The second-order valence-corrected chi connectivity index (χ2v) is 3.74. The van der Waals surface area contributed by atoms with Crippen LogP contribution in [0.3, 0.4) is 0 Å². The molecule has 0 amide bonds. The van der Waals surface area contributed by atoms with E-state index in [1.165, 1.54) is 0 Å². The van der Waals surface area contributed by atoms with Crippen LogP contribution in [0.15, 0.2) is 30.3 Å². The fourth-order valence-corrected chi connectivity index (χ4v) is 1.07. The fourth-order valence-electron chi connectivity index (χ4n) is 1.07. The van der Waals surface area contributed by atoms with Crippen LogP contribution in [0.1, 0.15) is 20.3 Å². The van der Waals surface area contributed by atoms with Crippen molar-refractivity contribution in [3.63, 3.8) is 0 Å². The lowest BCUT2D eigenvalue weighted by molar-refractivity contribution is -0.139. The minimum absolute atomic E-state index is 0.150.